The van der Waals surface area contributed by atoms with Crippen LogP contribution in [0.15, 0.2) is 36.3 Å². The quantitative estimate of drug-likeness (QED) is 0.739. The van der Waals surface area contributed by atoms with Crippen molar-refractivity contribution in [2.24, 2.45) is 0 Å². The number of hydrogen-bond donors (Lipinski definition) is 1. The van der Waals surface area contributed by atoms with Crippen molar-refractivity contribution in [3.8, 4) is 5.75 Å². The number of hydrogen-bond acceptors (Lipinski definition) is 4. The summed E-state index contributed by atoms with van der Waals surface area (Å²) in [6, 6.07) is 5.78. The average molecular weight is 377 g/mol. The number of amides is 1. The number of carbonyl (C=O) groups excluding carboxylic acids is 1. The first-order chi connectivity index (χ1) is 12.8. The van der Waals surface area contributed by atoms with Crippen LogP contribution in [0.1, 0.15) is 46.2 Å². The lowest BCUT2D eigenvalue weighted by atomic mass is 10.2. The van der Waals surface area contributed by atoms with Crippen molar-refractivity contribution in [1.29, 1.82) is 0 Å². The molecule has 0 aromatic carbocycles. The molecule has 1 N–H and O–H groups in total. The SMILES string of the molecule is CCCCc1cc2ccc(OC/C(=C/F)CNC(=O)OC(C)(C)C)cn2n1. The van der Waals surface area contributed by atoms with E-state index in [1.54, 1.807) is 31.5 Å². The molecule has 2 aromatic rings. The molecular weight excluding hydrogens is 349 g/mol. The van der Waals surface area contributed by atoms with Gasteiger partial charge in [-0.2, -0.15) is 5.10 Å². The number of nitrogens with one attached hydrogen (secondary N) is 1. The second kappa shape index (κ2) is 9.39. The van der Waals surface area contributed by atoms with Crippen LogP contribution >= 0.6 is 0 Å². The smallest absolute Gasteiger partial charge is 0.407 e. The topological polar surface area (TPSA) is 64.9 Å². The summed E-state index contributed by atoms with van der Waals surface area (Å²) in [5, 5.41) is 7.04. The van der Waals surface area contributed by atoms with Gasteiger partial charge in [-0.05, 0) is 51.8 Å². The number of halogens is 1. The van der Waals surface area contributed by atoms with Crippen molar-refractivity contribution in [2.45, 2.75) is 52.6 Å². The van der Waals surface area contributed by atoms with E-state index in [0.717, 1.165) is 30.5 Å². The number of aryl methyl sites for hydroxylation is 1. The van der Waals surface area contributed by atoms with Gasteiger partial charge in [-0.1, -0.05) is 13.3 Å². The lowest BCUT2D eigenvalue weighted by molar-refractivity contribution is 0.0531. The second-order valence-electron chi connectivity index (χ2n) is 7.38. The standard InChI is InChI=1S/C20H28FN3O3/c1-5-6-7-16-10-17-8-9-18(13-24(17)23-16)26-14-15(11-21)12-22-19(25)27-20(2,3)4/h8-11,13H,5-7,12,14H2,1-4H3,(H,22,25)/b15-11+. The molecule has 148 valence electrons. The van der Waals surface area contributed by atoms with Gasteiger partial charge >= 0.3 is 6.09 Å². The first-order valence-corrected chi connectivity index (χ1v) is 9.17. The third kappa shape index (κ3) is 6.92. The lowest BCUT2D eigenvalue weighted by Crippen LogP contribution is -2.34. The fraction of sp³-hybridized carbons (Fsp3) is 0.500. The summed E-state index contributed by atoms with van der Waals surface area (Å²) in [5.74, 6) is 0.573. The van der Waals surface area contributed by atoms with Gasteiger partial charge in [0.2, 0.25) is 0 Å². The molecule has 2 aromatic heterocycles. The molecule has 0 spiro atoms. The molecule has 0 saturated carbocycles. The van der Waals surface area contributed by atoms with Crippen molar-refractivity contribution in [1.82, 2.24) is 14.9 Å². The first kappa shape index (κ1) is 20.7. The third-order valence-corrected chi connectivity index (χ3v) is 3.71. The van der Waals surface area contributed by atoms with Crippen molar-refractivity contribution < 1.29 is 18.7 Å². The molecule has 1 amide bonds. The van der Waals surface area contributed by atoms with E-state index in [1.807, 2.05) is 12.1 Å². The Morgan fingerprint density at radius 2 is 2.15 bits per heavy atom. The number of unbranched alkanes of at least 4 members (excludes halogenated alkanes) is 1. The van der Waals surface area contributed by atoms with Crippen LogP contribution in [0.4, 0.5) is 9.18 Å². The Kier molecular flexibility index (Phi) is 7.21. The second-order valence-corrected chi connectivity index (χ2v) is 7.38. The molecule has 0 bridgehead atoms. The molecule has 0 atom stereocenters. The average Bonchev–Trinajstić information content (AvgIpc) is 3.00. The number of ether oxygens (including phenoxy) is 2. The van der Waals surface area contributed by atoms with Crippen molar-refractivity contribution in [2.75, 3.05) is 13.2 Å². The van der Waals surface area contributed by atoms with Gasteiger partial charge in [-0.15, -0.1) is 0 Å². The highest BCUT2D eigenvalue weighted by Crippen LogP contribution is 2.16. The Hall–Kier alpha value is -2.57. The molecule has 2 rings (SSSR count). The number of alkyl carbamates (subject to hydrolysis) is 1. The number of aromatic nitrogens is 2. The van der Waals surface area contributed by atoms with Gasteiger partial charge in [0.15, 0.2) is 0 Å². The van der Waals surface area contributed by atoms with Gasteiger partial charge in [0, 0.05) is 12.1 Å². The fourth-order valence-corrected chi connectivity index (χ4v) is 2.38. The minimum atomic E-state index is -0.602. The van der Waals surface area contributed by atoms with Crippen LogP contribution < -0.4 is 10.1 Å². The van der Waals surface area contributed by atoms with E-state index in [-0.39, 0.29) is 13.2 Å². The highest BCUT2D eigenvalue weighted by molar-refractivity contribution is 5.68. The first-order valence-electron chi connectivity index (χ1n) is 9.17. The van der Waals surface area contributed by atoms with Crippen molar-refractivity contribution in [3.05, 3.63) is 42.0 Å². The molecule has 0 unspecified atom stereocenters. The molecule has 0 aliphatic carbocycles. The van der Waals surface area contributed by atoms with E-state index in [0.29, 0.717) is 17.7 Å². The van der Waals surface area contributed by atoms with E-state index in [1.165, 1.54) is 0 Å². The molecule has 6 nitrogen and oxygen atoms in total. The largest absolute Gasteiger partial charge is 0.487 e. The summed E-state index contributed by atoms with van der Waals surface area (Å²) in [4.78, 5) is 11.6. The molecule has 0 aliphatic heterocycles. The van der Waals surface area contributed by atoms with Gasteiger partial charge in [0.05, 0.1) is 23.7 Å². The van der Waals surface area contributed by atoms with Gasteiger partial charge in [-0.25, -0.2) is 13.7 Å². The maximum Gasteiger partial charge on any atom is 0.407 e. The van der Waals surface area contributed by atoms with Gasteiger partial charge < -0.3 is 14.8 Å². The number of pyridine rings is 1. The predicted octanol–water partition coefficient (Wildman–Crippen LogP) is 4.43. The third-order valence-electron chi connectivity index (χ3n) is 3.71. The zero-order chi connectivity index (χ0) is 19.9. The van der Waals surface area contributed by atoms with Gasteiger partial charge in [0.1, 0.15) is 18.0 Å². The summed E-state index contributed by atoms with van der Waals surface area (Å²) < 4.78 is 25.6. The molecule has 0 radical (unpaired) electrons. The minimum Gasteiger partial charge on any atom is -0.487 e. The highest BCUT2D eigenvalue weighted by atomic mass is 19.1. The number of nitrogens with zero attached hydrogens (tertiary/aromatic N) is 2. The molecular formula is C20H28FN3O3. The Morgan fingerprint density at radius 1 is 1.37 bits per heavy atom. The van der Waals surface area contributed by atoms with E-state index < -0.39 is 11.7 Å². The predicted molar refractivity (Wildman–Crippen MR) is 103 cm³/mol. The van der Waals surface area contributed by atoms with Crippen LogP contribution in [-0.4, -0.2) is 34.5 Å². The van der Waals surface area contributed by atoms with Crippen molar-refractivity contribution >= 4 is 11.6 Å². The minimum absolute atomic E-state index is 0.0105. The van der Waals surface area contributed by atoms with E-state index >= 15 is 0 Å². The molecule has 0 fully saturated rings. The van der Waals surface area contributed by atoms with Crippen LogP contribution in [0.3, 0.4) is 0 Å². The Morgan fingerprint density at radius 3 is 2.81 bits per heavy atom. The summed E-state index contributed by atoms with van der Waals surface area (Å²) in [6.07, 6.45) is 4.77. The molecule has 2 heterocycles. The van der Waals surface area contributed by atoms with Crippen LogP contribution in [-0.2, 0) is 11.2 Å². The Bertz CT molecular complexity index is 793. The van der Waals surface area contributed by atoms with E-state index in [2.05, 4.69) is 23.4 Å². The lowest BCUT2D eigenvalue weighted by Gasteiger charge is -2.20. The molecule has 0 aliphatic rings. The van der Waals surface area contributed by atoms with Crippen molar-refractivity contribution in [3.63, 3.8) is 0 Å². The van der Waals surface area contributed by atoms with Gasteiger partial charge in [0.25, 0.3) is 0 Å². The van der Waals surface area contributed by atoms with E-state index in [9.17, 15) is 9.18 Å². The maximum absolute atomic E-state index is 13.1. The number of carbonyl (C=O) groups is 1. The maximum atomic E-state index is 13.1. The normalized spacial score (nSPS) is 12.3. The van der Waals surface area contributed by atoms with Gasteiger partial charge in [-0.3, -0.25) is 0 Å². The number of rotatable bonds is 8. The zero-order valence-electron chi connectivity index (χ0n) is 16.4. The monoisotopic (exact) mass is 377 g/mol. The summed E-state index contributed by atoms with van der Waals surface area (Å²) in [7, 11) is 0. The van der Waals surface area contributed by atoms with Crippen LogP contribution in [0, 0.1) is 0 Å². The fourth-order valence-electron chi connectivity index (χ4n) is 2.38. The Balaban J connectivity index is 1.89. The summed E-state index contributed by atoms with van der Waals surface area (Å²) in [6.45, 7) is 7.47. The zero-order valence-corrected chi connectivity index (χ0v) is 16.4. The summed E-state index contributed by atoms with van der Waals surface area (Å²) in [5.41, 5.74) is 1.72. The number of fused-ring (bicyclic) bond motifs is 1. The van der Waals surface area contributed by atoms with Crippen LogP contribution in [0.25, 0.3) is 5.52 Å². The Labute approximate surface area is 159 Å². The van der Waals surface area contributed by atoms with Crippen LogP contribution in [0.5, 0.6) is 5.75 Å². The summed E-state index contributed by atoms with van der Waals surface area (Å²) >= 11 is 0. The molecule has 0 saturated heterocycles. The molecule has 27 heavy (non-hydrogen) atoms. The highest BCUT2D eigenvalue weighted by Gasteiger charge is 2.16. The molecule has 7 heteroatoms. The van der Waals surface area contributed by atoms with Crippen LogP contribution in [0.2, 0.25) is 0 Å². The van der Waals surface area contributed by atoms with E-state index in [4.69, 9.17) is 9.47 Å².